The maximum atomic E-state index is 13.6. The van der Waals surface area contributed by atoms with Gasteiger partial charge >= 0.3 is 17.9 Å². The topological polar surface area (TPSA) is 185 Å². The number of nitrogens with two attached hydrogens (primary N) is 1. The van der Waals surface area contributed by atoms with E-state index < -0.39 is 52.2 Å². The summed E-state index contributed by atoms with van der Waals surface area (Å²) in [5.41, 5.74) is 9.90. The summed E-state index contributed by atoms with van der Waals surface area (Å²) in [5, 5.41) is 20.2. The van der Waals surface area contributed by atoms with E-state index in [1.54, 1.807) is 32.5 Å². The number of amides is 2. The van der Waals surface area contributed by atoms with Crippen LogP contribution in [0.25, 0.3) is 0 Å². The van der Waals surface area contributed by atoms with Crippen LogP contribution in [0.5, 0.6) is 0 Å². The molecule has 0 saturated carbocycles. The van der Waals surface area contributed by atoms with Gasteiger partial charge in [0, 0.05) is 12.2 Å². The average Bonchev–Trinajstić information content (AvgIpc) is 3.11. The van der Waals surface area contributed by atoms with Crippen LogP contribution in [-0.4, -0.2) is 69.9 Å². The fraction of sp³-hybridized carbons (Fsp3) is 0.256. The quantitative estimate of drug-likeness (QED) is 0.0757. The molecule has 0 aromatic heterocycles. The molecule has 4 aromatic rings. The van der Waals surface area contributed by atoms with Gasteiger partial charge in [-0.3, -0.25) is 14.4 Å². The third-order valence-corrected chi connectivity index (χ3v) is 8.95. The van der Waals surface area contributed by atoms with Crippen LogP contribution in [0, 0.1) is 0 Å². The van der Waals surface area contributed by atoms with Crippen LogP contribution in [0.4, 0.5) is 0 Å². The minimum absolute atomic E-state index is 0.231. The van der Waals surface area contributed by atoms with E-state index in [-0.39, 0.29) is 18.7 Å². The summed E-state index contributed by atoms with van der Waals surface area (Å²) >= 11 is 1.58. The lowest BCUT2D eigenvalue weighted by atomic mass is 9.84. The Balaban J connectivity index is 0.00000107. The molecular formula is C39H43N3O8S. The smallest absolute Gasteiger partial charge is 0.414 e. The molecule has 0 spiro atoms. The number of hydrogen-bond donors (Lipinski definition) is 5. The number of thioether (sulfide) groups is 1. The largest absolute Gasteiger partial charge is 0.473 e. The molecule has 12 heteroatoms. The van der Waals surface area contributed by atoms with Gasteiger partial charge in [0.1, 0.15) is 18.2 Å². The Bertz CT molecular complexity index is 1630. The number of ether oxygens (including phenoxy) is 1. The van der Waals surface area contributed by atoms with Crippen molar-refractivity contribution in [1.82, 2.24) is 10.6 Å². The predicted molar refractivity (Wildman–Crippen MR) is 196 cm³/mol. The number of nitrogens with one attached hydrogen (secondary N) is 2. The molecule has 2 atom stereocenters. The summed E-state index contributed by atoms with van der Waals surface area (Å²) in [6, 6.07) is 38.0. The zero-order chi connectivity index (χ0) is 37.4. The number of carbonyl (C=O) groups excluding carboxylic acids is 3. The highest BCUT2D eigenvalue weighted by Gasteiger charge is 2.38. The average molecular weight is 714 g/mol. The Morgan fingerprint density at radius 3 is 1.49 bits per heavy atom. The molecule has 2 amide bonds. The number of rotatable bonds is 13. The van der Waals surface area contributed by atoms with E-state index >= 15 is 0 Å². The summed E-state index contributed by atoms with van der Waals surface area (Å²) < 4.78 is 4.67. The third-order valence-electron chi connectivity index (χ3n) is 7.28. The highest BCUT2D eigenvalue weighted by molar-refractivity contribution is 8.00. The molecule has 0 radical (unpaired) electrons. The maximum Gasteiger partial charge on any atom is 0.414 e. The van der Waals surface area contributed by atoms with Crippen LogP contribution in [0.1, 0.15) is 43.0 Å². The molecule has 11 nitrogen and oxygen atoms in total. The summed E-state index contributed by atoms with van der Waals surface area (Å²) in [5.74, 6) is -4.90. The van der Waals surface area contributed by atoms with Gasteiger partial charge in [-0.15, -0.1) is 11.8 Å². The van der Waals surface area contributed by atoms with Crippen molar-refractivity contribution in [2.75, 3.05) is 12.3 Å². The molecule has 0 heterocycles. The van der Waals surface area contributed by atoms with Crippen molar-refractivity contribution in [3.63, 3.8) is 0 Å². The van der Waals surface area contributed by atoms with Crippen molar-refractivity contribution in [3.8, 4) is 0 Å². The molecule has 0 fully saturated rings. The van der Waals surface area contributed by atoms with Gasteiger partial charge in [-0.25, -0.2) is 9.59 Å². The lowest BCUT2D eigenvalue weighted by Gasteiger charge is -2.36. The first kappa shape index (κ1) is 40.0. The van der Waals surface area contributed by atoms with Crippen LogP contribution in [-0.2, 0) is 39.9 Å². The van der Waals surface area contributed by atoms with Crippen molar-refractivity contribution >= 4 is 41.5 Å². The second-order valence-corrected chi connectivity index (χ2v) is 13.6. The number of carbonyl (C=O) groups is 5. The molecule has 268 valence electrons. The van der Waals surface area contributed by atoms with E-state index in [9.17, 15) is 14.4 Å². The van der Waals surface area contributed by atoms with Crippen molar-refractivity contribution in [1.29, 1.82) is 0 Å². The monoisotopic (exact) mass is 713 g/mol. The van der Waals surface area contributed by atoms with E-state index in [0.717, 1.165) is 22.3 Å². The first-order valence-corrected chi connectivity index (χ1v) is 17.1. The van der Waals surface area contributed by atoms with Gasteiger partial charge in [0.15, 0.2) is 0 Å². The van der Waals surface area contributed by atoms with E-state index in [2.05, 4.69) is 47.0 Å². The molecule has 0 bridgehead atoms. The molecule has 4 rings (SSSR count). The van der Waals surface area contributed by atoms with Gasteiger partial charge in [-0.05, 0) is 43.0 Å². The van der Waals surface area contributed by atoms with Crippen molar-refractivity contribution in [3.05, 3.63) is 144 Å². The molecule has 0 saturated heterocycles. The van der Waals surface area contributed by atoms with Crippen LogP contribution in [0.15, 0.2) is 121 Å². The third kappa shape index (κ3) is 12.4. The number of aliphatic carboxylic acids is 2. The number of hydrogen-bond acceptors (Lipinski definition) is 8. The van der Waals surface area contributed by atoms with E-state index in [4.69, 9.17) is 30.3 Å². The van der Waals surface area contributed by atoms with Gasteiger partial charge in [-0.1, -0.05) is 121 Å². The zero-order valence-corrected chi connectivity index (χ0v) is 29.5. The van der Waals surface area contributed by atoms with Crippen LogP contribution in [0.3, 0.4) is 0 Å². The Morgan fingerprint density at radius 1 is 0.686 bits per heavy atom. The lowest BCUT2D eigenvalue weighted by Crippen LogP contribution is -2.54. The minimum atomic E-state index is -1.82. The Kier molecular flexibility index (Phi) is 14.9. The second kappa shape index (κ2) is 19.1. The molecule has 6 N–H and O–H groups in total. The van der Waals surface area contributed by atoms with E-state index in [1.165, 1.54) is 0 Å². The second-order valence-electron chi connectivity index (χ2n) is 12.4. The summed E-state index contributed by atoms with van der Waals surface area (Å²) in [4.78, 5) is 57.3. The van der Waals surface area contributed by atoms with Gasteiger partial charge < -0.3 is 31.3 Å². The van der Waals surface area contributed by atoms with Crippen LogP contribution < -0.4 is 16.4 Å². The van der Waals surface area contributed by atoms with Gasteiger partial charge in [0.05, 0.1) is 10.8 Å². The predicted octanol–water partition coefficient (Wildman–Crippen LogP) is 4.38. The fourth-order valence-electron chi connectivity index (χ4n) is 5.06. The molecule has 51 heavy (non-hydrogen) atoms. The molecule has 2 unspecified atom stereocenters. The van der Waals surface area contributed by atoms with Crippen LogP contribution in [0.2, 0.25) is 0 Å². The van der Waals surface area contributed by atoms with E-state index in [0.29, 0.717) is 0 Å². The minimum Gasteiger partial charge on any atom is -0.473 e. The Hall–Kier alpha value is -5.46. The number of carboxylic acids is 2. The van der Waals surface area contributed by atoms with Gasteiger partial charge in [0.25, 0.3) is 0 Å². The first-order chi connectivity index (χ1) is 24.2. The lowest BCUT2D eigenvalue weighted by molar-refractivity contribution is -0.159. The van der Waals surface area contributed by atoms with Crippen molar-refractivity contribution in [2.24, 2.45) is 5.73 Å². The van der Waals surface area contributed by atoms with Gasteiger partial charge in [-0.2, -0.15) is 0 Å². The maximum absolute atomic E-state index is 13.6. The molecular weight excluding hydrogens is 671 g/mol. The number of esters is 1. The fourth-order valence-corrected chi connectivity index (χ4v) is 6.55. The molecule has 4 aromatic carbocycles. The zero-order valence-electron chi connectivity index (χ0n) is 28.7. The molecule has 0 aliphatic carbocycles. The van der Waals surface area contributed by atoms with Crippen LogP contribution >= 0.6 is 11.8 Å². The SMILES string of the molecule is CC(C)(C)OC(=O)CNC(=O)C(Cc1ccccc1)NC(=O)C(N)CSC(c1ccccc1)(c1ccccc1)c1ccccc1.O=C(O)C(=O)O. The van der Waals surface area contributed by atoms with E-state index in [1.807, 2.05) is 84.9 Å². The highest BCUT2D eigenvalue weighted by Crippen LogP contribution is 2.48. The Morgan fingerprint density at radius 2 is 1.10 bits per heavy atom. The van der Waals surface area contributed by atoms with Crippen molar-refractivity contribution in [2.45, 2.75) is 49.6 Å². The Labute approximate surface area is 301 Å². The first-order valence-electron chi connectivity index (χ1n) is 16.1. The molecule has 0 aliphatic heterocycles. The number of carboxylic acid groups (broad SMARTS) is 2. The standard InChI is InChI=1S/C37H41N3O4S.C2H2O4/c1-36(2,3)44-33(41)25-39-35(43)32(24-27-16-8-4-9-17-27)40-34(42)31(38)26-45-37(28-18-10-5-11-19-28,29-20-12-6-13-21-29)30-22-14-7-15-23-30;3-1(4)2(5)6/h4-23,31-32H,24-26,38H2,1-3H3,(H,39,43)(H,40,42);(H,3,4)(H,5,6). The number of benzene rings is 4. The highest BCUT2D eigenvalue weighted by atomic mass is 32.2. The molecule has 0 aliphatic rings. The summed E-state index contributed by atoms with van der Waals surface area (Å²) in [7, 11) is 0. The van der Waals surface area contributed by atoms with Gasteiger partial charge in [0.2, 0.25) is 11.8 Å². The normalized spacial score (nSPS) is 12.2. The van der Waals surface area contributed by atoms with Crippen molar-refractivity contribution < 1.29 is 38.9 Å². The summed E-state index contributed by atoms with van der Waals surface area (Å²) in [6.45, 7) is 4.96. The summed E-state index contributed by atoms with van der Waals surface area (Å²) in [6.07, 6.45) is 0.231.